The molecule has 0 aliphatic carbocycles. The van der Waals surface area contributed by atoms with Gasteiger partial charge in [0.15, 0.2) is 0 Å². The first-order valence-electron chi connectivity index (χ1n) is 6.38. The molecular formula is C15H10F3N3S. The standard InChI is InChI=1S/C15H10F3N3S/c16-15(17,18)12-3-1-10(2-4-12)5-14-21-13(8-22-14)11-6-19-9-20-7-11/h1-4,6-9H,5H2. The third-order valence-electron chi connectivity index (χ3n) is 3.04. The van der Waals surface area contributed by atoms with Crippen LogP contribution in [-0.4, -0.2) is 15.0 Å². The number of benzene rings is 1. The van der Waals surface area contributed by atoms with Crippen LogP contribution in [0.1, 0.15) is 16.1 Å². The molecule has 7 heteroatoms. The number of alkyl halides is 3. The van der Waals surface area contributed by atoms with Gasteiger partial charge in [-0.2, -0.15) is 13.2 Å². The highest BCUT2D eigenvalue weighted by Gasteiger charge is 2.29. The minimum Gasteiger partial charge on any atom is -0.244 e. The van der Waals surface area contributed by atoms with E-state index < -0.39 is 11.7 Å². The molecule has 0 bridgehead atoms. The van der Waals surface area contributed by atoms with Crippen LogP contribution in [0, 0.1) is 0 Å². The van der Waals surface area contributed by atoms with E-state index in [9.17, 15) is 13.2 Å². The SMILES string of the molecule is FC(F)(F)c1ccc(Cc2nc(-c3cncnc3)cs2)cc1. The van der Waals surface area contributed by atoms with Gasteiger partial charge in [-0.1, -0.05) is 12.1 Å². The Bertz CT molecular complexity index is 752. The molecule has 2 aromatic heterocycles. The van der Waals surface area contributed by atoms with Gasteiger partial charge in [-0.3, -0.25) is 0 Å². The Balaban J connectivity index is 1.76. The number of thiazole rings is 1. The molecule has 0 fully saturated rings. The summed E-state index contributed by atoms with van der Waals surface area (Å²) in [4.78, 5) is 12.3. The smallest absolute Gasteiger partial charge is 0.244 e. The summed E-state index contributed by atoms with van der Waals surface area (Å²) >= 11 is 1.46. The fraction of sp³-hybridized carbons (Fsp3) is 0.133. The molecule has 0 atom stereocenters. The zero-order valence-corrected chi connectivity index (χ0v) is 12.0. The molecule has 3 nitrogen and oxygen atoms in total. The molecule has 0 N–H and O–H groups in total. The Kier molecular flexibility index (Phi) is 3.89. The highest BCUT2D eigenvalue weighted by atomic mass is 32.1. The van der Waals surface area contributed by atoms with Crippen molar-refractivity contribution in [3.63, 3.8) is 0 Å². The van der Waals surface area contributed by atoms with Crippen molar-refractivity contribution in [2.45, 2.75) is 12.6 Å². The maximum absolute atomic E-state index is 12.5. The summed E-state index contributed by atoms with van der Waals surface area (Å²) in [5.41, 5.74) is 1.74. The van der Waals surface area contributed by atoms with Gasteiger partial charge in [-0.15, -0.1) is 11.3 Å². The molecule has 0 aliphatic heterocycles. The Morgan fingerprint density at radius 3 is 2.32 bits per heavy atom. The Hall–Kier alpha value is -2.28. The summed E-state index contributed by atoms with van der Waals surface area (Å²) in [6.45, 7) is 0. The average Bonchev–Trinajstić information content (AvgIpc) is 2.96. The van der Waals surface area contributed by atoms with E-state index in [1.165, 1.54) is 29.8 Å². The van der Waals surface area contributed by atoms with E-state index >= 15 is 0 Å². The second-order valence-corrected chi connectivity index (χ2v) is 5.57. The Morgan fingerprint density at radius 1 is 1.00 bits per heavy atom. The molecule has 0 unspecified atom stereocenters. The number of hydrogen-bond donors (Lipinski definition) is 0. The van der Waals surface area contributed by atoms with E-state index in [-0.39, 0.29) is 0 Å². The fourth-order valence-electron chi connectivity index (χ4n) is 1.94. The molecule has 0 saturated heterocycles. The number of aromatic nitrogens is 3. The van der Waals surface area contributed by atoms with Crippen LogP contribution in [0.15, 0.2) is 48.4 Å². The van der Waals surface area contributed by atoms with Gasteiger partial charge >= 0.3 is 6.18 Å². The van der Waals surface area contributed by atoms with E-state index in [4.69, 9.17) is 0 Å². The molecule has 112 valence electrons. The molecule has 0 amide bonds. The molecule has 2 heterocycles. The van der Waals surface area contributed by atoms with Gasteiger partial charge in [0.1, 0.15) is 6.33 Å². The molecule has 3 rings (SSSR count). The first-order valence-corrected chi connectivity index (χ1v) is 7.26. The second kappa shape index (κ2) is 5.84. The van der Waals surface area contributed by atoms with Gasteiger partial charge < -0.3 is 0 Å². The normalized spacial score (nSPS) is 11.6. The highest BCUT2D eigenvalue weighted by molar-refractivity contribution is 7.10. The van der Waals surface area contributed by atoms with Gasteiger partial charge in [-0.05, 0) is 17.7 Å². The van der Waals surface area contributed by atoms with Gasteiger partial charge in [0.25, 0.3) is 0 Å². The minimum atomic E-state index is -4.31. The van der Waals surface area contributed by atoms with E-state index in [0.717, 1.165) is 34.0 Å². The van der Waals surface area contributed by atoms with Crippen LogP contribution in [0.3, 0.4) is 0 Å². The summed E-state index contributed by atoms with van der Waals surface area (Å²) in [7, 11) is 0. The molecular weight excluding hydrogens is 311 g/mol. The van der Waals surface area contributed by atoms with Gasteiger partial charge in [-0.25, -0.2) is 15.0 Å². The Labute approximate surface area is 128 Å². The summed E-state index contributed by atoms with van der Waals surface area (Å²) in [6.07, 6.45) is 0.976. The molecule has 0 aliphatic rings. The maximum Gasteiger partial charge on any atom is 0.416 e. The Morgan fingerprint density at radius 2 is 1.68 bits per heavy atom. The van der Waals surface area contributed by atoms with Crippen molar-refractivity contribution in [1.82, 2.24) is 15.0 Å². The summed E-state index contributed by atoms with van der Waals surface area (Å²) < 4.78 is 37.5. The minimum absolute atomic E-state index is 0.497. The van der Waals surface area contributed by atoms with Gasteiger partial charge in [0.05, 0.1) is 16.3 Å². The van der Waals surface area contributed by atoms with Gasteiger partial charge in [0, 0.05) is 29.8 Å². The predicted octanol–water partition coefficient (Wildman–Crippen LogP) is 4.21. The van der Waals surface area contributed by atoms with Crippen LogP contribution >= 0.6 is 11.3 Å². The maximum atomic E-state index is 12.5. The van der Waals surface area contributed by atoms with Crippen molar-refractivity contribution >= 4 is 11.3 Å². The van der Waals surface area contributed by atoms with Crippen LogP contribution in [-0.2, 0) is 12.6 Å². The zero-order valence-electron chi connectivity index (χ0n) is 11.2. The van der Waals surface area contributed by atoms with E-state index in [0.29, 0.717) is 6.42 Å². The van der Waals surface area contributed by atoms with Crippen molar-refractivity contribution < 1.29 is 13.2 Å². The van der Waals surface area contributed by atoms with Crippen LogP contribution in [0.2, 0.25) is 0 Å². The van der Waals surface area contributed by atoms with Crippen LogP contribution in [0.5, 0.6) is 0 Å². The van der Waals surface area contributed by atoms with Crippen molar-refractivity contribution in [3.8, 4) is 11.3 Å². The van der Waals surface area contributed by atoms with Crippen LogP contribution < -0.4 is 0 Å². The number of rotatable bonds is 3. The van der Waals surface area contributed by atoms with Gasteiger partial charge in [0.2, 0.25) is 0 Å². The summed E-state index contributed by atoms with van der Waals surface area (Å²) in [5, 5.41) is 2.72. The van der Waals surface area contributed by atoms with Crippen molar-refractivity contribution in [2.75, 3.05) is 0 Å². The summed E-state index contributed by atoms with van der Waals surface area (Å²) in [6, 6.07) is 5.15. The molecule has 3 aromatic rings. The van der Waals surface area contributed by atoms with E-state index in [1.807, 2.05) is 5.38 Å². The third-order valence-corrected chi connectivity index (χ3v) is 3.89. The molecule has 22 heavy (non-hydrogen) atoms. The lowest BCUT2D eigenvalue weighted by Gasteiger charge is -2.06. The molecule has 0 spiro atoms. The second-order valence-electron chi connectivity index (χ2n) is 4.63. The summed E-state index contributed by atoms with van der Waals surface area (Å²) in [5.74, 6) is 0. The predicted molar refractivity (Wildman–Crippen MR) is 77.4 cm³/mol. The lowest BCUT2D eigenvalue weighted by Crippen LogP contribution is -2.04. The molecule has 1 aromatic carbocycles. The van der Waals surface area contributed by atoms with Crippen molar-refractivity contribution in [1.29, 1.82) is 0 Å². The van der Waals surface area contributed by atoms with Crippen LogP contribution in [0.4, 0.5) is 13.2 Å². The lowest BCUT2D eigenvalue weighted by atomic mass is 10.1. The third kappa shape index (κ3) is 3.30. The highest BCUT2D eigenvalue weighted by Crippen LogP contribution is 2.29. The average molecular weight is 321 g/mol. The van der Waals surface area contributed by atoms with E-state index in [2.05, 4.69) is 15.0 Å². The van der Waals surface area contributed by atoms with Crippen molar-refractivity contribution in [2.24, 2.45) is 0 Å². The molecule has 0 saturated carbocycles. The first-order chi connectivity index (χ1) is 10.5. The zero-order chi connectivity index (χ0) is 15.6. The number of halogens is 3. The van der Waals surface area contributed by atoms with Crippen LogP contribution in [0.25, 0.3) is 11.3 Å². The largest absolute Gasteiger partial charge is 0.416 e. The number of nitrogens with zero attached hydrogens (tertiary/aromatic N) is 3. The lowest BCUT2D eigenvalue weighted by molar-refractivity contribution is -0.137. The van der Waals surface area contributed by atoms with Crippen molar-refractivity contribution in [3.05, 3.63) is 64.5 Å². The topological polar surface area (TPSA) is 38.7 Å². The first kappa shape index (κ1) is 14.6. The molecule has 0 radical (unpaired) electrons. The number of hydrogen-bond acceptors (Lipinski definition) is 4. The quantitative estimate of drug-likeness (QED) is 0.725. The van der Waals surface area contributed by atoms with E-state index in [1.54, 1.807) is 12.4 Å². The monoisotopic (exact) mass is 321 g/mol. The fourth-order valence-corrected chi connectivity index (χ4v) is 2.78.